The third kappa shape index (κ3) is 2.68. The zero-order valence-electron chi connectivity index (χ0n) is 11.5. The molecule has 4 nitrogen and oxygen atoms in total. The maximum absolute atomic E-state index is 4.32. The van der Waals surface area contributed by atoms with Crippen LogP contribution in [0.15, 0.2) is 36.7 Å². The smallest absolute Gasteiger partial charge is 0.141 e. The van der Waals surface area contributed by atoms with Crippen LogP contribution in [0.4, 0.5) is 0 Å². The van der Waals surface area contributed by atoms with Gasteiger partial charge in [-0.25, -0.2) is 9.67 Å². The molecule has 4 heteroatoms. The molecule has 0 aliphatic heterocycles. The summed E-state index contributed by atoms with van der Waals surface area (Å²) in [4.78, 5) is 4.32. The lowest BCUT2D eigenvalue weighted by Gasteiger charge is -2.10. The molecule has 1 aromatic heterocycles. The molecule has 2 atom stereocenters. The van der Waals surface area contributed by atoms with Gasteiger partial charge >= 0.3 is 0 Å². The first kappa shape index (κ1) is 12.4. The summed E-state index contributed by atoms with van der Waals surface area (Å²) in [5.74, 6) is 1.69. The summed E-state index contributed by atoms with van der Waals surface area (Å²) in [6, 6.07) is 11.7. The minimum absolute atomic E-state index is 0.364. The minimum atomic E-state index is 0.364. The third-order valence-electron chi connectivity index (χ3n) is 3.68. The highest BCUT2D eigenvalue weighted by Crippen LogP contribution is 2.40. The molecule has 1 aromatic carbocycles. The first-order valence-electron chi connectivity index (χ1n) is 6.92. The maximum atomic E-state index is 4.32. The van der Waals surface area contributed by atoms with E-state index in [4.69, 9.17) is 0 Å². The molecule has 1 aliphatic carbocycles. The Morgan fingerprint density at radius 1 is 1.32 bits per heavy atom. The second-order valence-corrected chi connectivity index (χ2v) is 5.45. The predicted molar refractivity (Wildman–Crippen MR) is 74.8 cm³/mol. The fraction of sp³-hybridized carbons (Fsp3) is 0.467. The van der Waals surface area contributed by atoms with Gasteiger partial charge in [-0.2, -0.15) is 5.10 Å². The summed E-state index contributed by atoms with van der Waals surface area (Å²) < 4.78 is 1.98. The van der Waals surface area contributed by atoms with Crippen molar-refractivity contribution in [3.05, 3.63) is 48.0 Å². The number of hydrogen-bond acceptors (Lipinski definition) is 3. The van der Waals surface area contributed by atoms with Crippen LogP contribution in [-0.2, 0) is 6.54 Å². The van der Waals surface area contributed by atoms with Gasteiger partial charge in [-0.15, -0.1) is 0 Å². The molecule has 0 amide bonds. The quantitative estimate of drug-likeness (QED) is 0.893. The van der Waals surface area contributed by atoms with Crippen molar-refractivity contribution >= 4 is 0 Å². The Morgan fingerprint density at radius 3 is 2.84 bits per heavy atom. The van der Waals surface area contributed by atoms with E-state index in [2.05, 4.69) is 59.6 Å². The molecule has 0 bridgehead atoms. The minimum Gasteiger partial charge on any atom is -0.306 e. The Kier molecular flexibility index (Phi) is 3.34. The summed E-state index contributed by atoms with van der Waals surface area (Å²) in [5, 5.41) is 7.84. The van der Waals surface area contributed by atoms with Gasteiger partial charge in [-0.05, 0) is 25.8 Å². The molecule has 1 fully saturated rings. The fourth-order valence-electron chi connectivity index (χ4n) is 2.54. The molecule has 0 saturated heterocycles. The highest BCUT2D eigenvalue weighted by atomic mass is 15.4. The normalized spacial score (nSPS) is 21.8. The van der Waals surface area contributed by atoms with Gasteiger partial charge in [0.1, 0.15) is 12.2 Å². The molecule has 2 aromatic rings. The molecule has 3 rings (SSSR count). The Morgan fingerprint density at radius 2 is 2.11 bits per heavy atom. The number of hydrogen-bond donors (Lipinski definition) is 1. The largest absolute Gasteiger partial charge is 0.306 e. The SMILES string of the molecule is CC(C)n1ncnc1CNC1CC1c1ccccc1. The van der Waals surface area contributed by atoms with Gasteiger partial charge in [0, 0.05) is 18.0 Å². The molecule has 100 valence electrons. The van der Waals surface area contributed by atoms with Crippen molar-refractivity contribution in [2.75, 3.05) is 0 Å². The summed E-state index contributed by atoms with van der Waals surface area (Å²) >= 11 is 0. The van der Waals surface area contributed by atoms with Crippen molar-refractivity contribution in [1.29, 1.82) is 0 Å². The molecule has 1 N–H and O–H groups in total. The Balaban J connectivity index is 1.56. The first-order valence-corrected chi connectivity index (χ1v) is 6.92. The summed E-state index contributed by atoms with van der Waals surface area (Å²) in [6.07, 6.45) is 2.86. The monoisotopic (exact) mass is 256 g/mol. The van der Waals surface area contributed by atoms with Gasteiger partial charge in [0.05, 0.1) is 6.54 Å². The van der Waals surface area contributed by atoms with Gasteiger partial charge in [0.15, 0.2) is 0 Å². The number of aromatic nitrogens is 3. The highest BCUT2D eigenvalue weighted by molar-refractivity contribution is 5.27. The average Bonchev–Trinajstić information content (AvgIpc) is 3.05. The molecule has 0 spiro atoms. The second-order valence-electron chi connectivity index (χ2n) is 5.45. The summed E-state index contributed by atoms with van der Waals surface area (Å²) in [5.41, 5.74) is 1.44. The topological polar surface area (TPSA) is 42.7 Å². The van der Waals surface area contributed by atoms with Crippen molar-refractivity contribution in [1.82, 2.24) is 20.1 Å². The van der Waals surface area contributed by atoms with E-state index in [9.17, 15) is 0 Å². The molecular weight excluding hydrogens is 236 g/mol. The Bertz CT molecular complexity index is 532. The first-order chi connectivity index (χ1) is 9.25. The third-order valence-corrected chi connectivity index (χ3v) is 3.68. The van der Waals surface area contributed by atoms with E-state index in [1.807, 2.05) is 4.68 Å². The van der Waals surface area contributed by atoms with Gasteiger partial charge < -0.3 is 5.32 Å². The molecular formula is C15H20N4. The van der Waals surface area contributed by atoms with Crippen LogP contribution in [0.1, 0.15) is 43.6 Å². The van der Waals surface area contributed by atoms with Crippen LogP contribution in [0.3, 0.4) is 0 Å². The van der Waals surface area contributed by atoms with Crippen molar-refractivity contribution in [2.45, 2.75) is 44.8 Å². The average molecular weight is 256 g/mol. The van der Waals surface area contributed by atoms with Gasteiger partial charge in [0.25, 0.3) is 0 Å². The van der Waals surface area contributed by atoms with Gasteiger partial charge in [-0.3, -0.25) is 0 Å². The van der Waals surface area contributed by atoms with E-state index >= 15 is 0 Å². The van der Waals surface area contributed by atoms with Crippen LogP contribution in [0.25, 0.3) is 0 Å². The van der Waals surface area contributed by atoms with Crippen molar-refractivity contribution in [3.8, 4) is 0 Å². The second kappa shape index (κ2) is 5.13. The van der Waals surface area contributed by atoms with Crippen LogP contribution in [-0.4, -0.2) is 20.8 Å². The van der Waals surface area contributed by atoms with E-state index in [0.29, 0.717) is 18.0 Å². The lowest BCUT2D eigenvalue weighted by molar-refractivity contribution is 0.488. The highest BCUT2D eigenvalue weighted by Gasteiger charge is 2.37. The fourth-order valence-corrected chi connectivity index (χ4v) is 2.54. The van der Waals surface area contributed by atoms with Crippen molar-refractivity contribution < 1.29 is 0 Å². The maximum Gasteiger partial charge on any atom is 0.141 e. The van der Waals surface area contributed by atoms with Crippen molar-refractivity contribution in [3.63, 3.8) is 0 Å². The predicted octanol–water partition coefficient (Wildman–Crippen LogP) is 2.50. The molecule has 19 heavy (non-hydrogen) atoms. The lowest BCUT2D eigenvalue weighted by Crippen LogP contribution is -2.21. The van der Waals surface area contributed by atoms with Crippen molar-refractivity contribution in [2.24, 2.45) is 0 Å². The number of benzene rings is 1. The molecule has 0 radical (unpaired) electrons. The van der Waals surface area contributed by atoms with E-state index in [0.717, 1.165) is 12.4 Å². The van der Waals surface area contributed by atoms with E-state index < -0.39 is 0 Å². The molecule has 1 heterocycles. The molecule has 1 saturated carbocycles. The molecule has 2 unspecified atom stereocenters. The van der Waals surface area contributed by atoms with E-state index in [-0.39, 0.29) is 0 Å². The van der Waals surface area contributed by atoms with Crippen LogP contribution in [0.2, 0.25) is 0 Å². The zero-order chi connectivity index (χ0) is 13.2. The Hall–Kier alpha value is -1.68. The summed E-state index contributed by atoms with van der Waals surface area (Å²) in [7, 11) is 0. The standard InChI is InChI=1S/C15H20N4/c1-11(2)19-15(17-10-18-19)9-16-14-8-13(14)12-6-4-3-5-7-12/h3-7,10-11,13-14,16H,8-9H2,1-2H3. The number of nitrogens with one attached hydrogen (secondary N) is 1. The zero-order valence-corrected chi connectivity index (χ0v) is 11.5. The summed E-state index contributed by atoms with van der Waals surface area (Å²) in [6.45, 7) is 5.05. The molecule has 1 aliphatic rings. The van der Waals surface area contributed by atoms with Crippen LogP contribution in [0, 0.1) is 0 Å². The number of nitrogens with zero attached hydrogens (tertiary/aromatic N) is 3. The van der Waals surface area contributed by atoms with Crippen LogP contribution >= 0.6 is 0 Å². The van der Waals surface area contributed by atoms with E-state index in [1.165, 1.54) is 12.0 Å². The van der Waals surface area contributed by atoms with Gasteiger partial charge in [-0.1, -0.05) is 30.3 Å². The lowest BCUT2D eigenvalue weighted by atomic mass is 10.1. The van der Waals surface area contributed by atoms with Crippen LogP contribution in [0.5, 0.6) is 0 Å². The van der Waals surface area contributed by atoms with Gasteiger partial charge in [0.2, 0.25) is 0 Å². The number of rotatable bonds is 5. The van der Waals surface area contributed by atoms with Crippen LogP contribution < -0.4 is 5.32 Å². The Labute approximate surface area is 113 Å². The van der Waals surface area contributed by atoms with E-state index in [1.54, 1.807) is 6.33 Å².